The van der Waals surface area contributed by atoms with Gasteiger partial charge in [-0.25, -0.2) is 13.1 Å². The van der Waals surface area contributed by atoms with Crippen LogP contribution in [-0.4, -0.2) is 39.9 Å². The molecule has 3 atom stereocenters. The lowest BCUT2D eigenvalue weighted by molar-refractivity contribution is -0.156. The summed E-state index contributed by atoms with van der Waals surface area (Å²) in [5.41, 5.74) is 1.10. The molecular formula is C21H25NO5S. The molecule has 4 rings (SSSR count). The van der Waals surface area contributed by atoms with E-state index in [1.54, 1.807) is 24.3 Å². The highest BCUT2D eigenvalue weighted by Gasteiger charge is 2.35. The molecule has 0 aromatic heterocycles. The van der Waals surface area contributed by atoms with Gasteiger partial charge >= 0.3 is 0 Å². The van der Waals surface area contributed by atoms with E-state index < -0.39 is 10.0 Å². The Morgan fingerprint density at radius 1 is 0.964 bits per heavy atom. The van der Waals surface area contributed by atoms with Crippen LogP contribution in [0.2, 0.25) is 0 Å². The van der Waals surface area contributed by atoms with Gasteiger partial charge in [0.1, 0.15) is 11.5 Å². The van der Waals surface area contributed by atoms with Crippen LogP contribution >= 0.6 is 0 Å². The molecule has 1 saturated carbocycles. The van der Waals surface area contributed by atoms with E-state index in [2.05, 4.69) is 4.72 Å². The maximum absolute atomic E-state index is 12.8. The first-order chi connectivity index (χ1) is 13.5. The second-order valence-corrected chi connectivity index (χ2v) is 9.05. The second-order valence-electron chi connectivity index (χ2n) is 7.34. The second kappa shape index (κ2) is 8.21. The first-order valence-electron chi connectivity index (χ1n) is 9.60. The lowest BCUT2D eigenvalue weighted by Gasteiger charge is -2.38. The first kappa shape index (κ1) is 19.4. The number of hydrogen-bond donors (Lipinski definition) is 1. The van der Waals surface area contributed by atoms with Gasteiger partial charge in [0.15, 0.2) is 0 Å². The molecule has 3 unspecified atom stereocenters. The highest BCUT2D eigenvalue weighted by Crippen LogP contribution is 2.28. The standard InChI is InChI=1S/C21H25NO5S/c1-15-3-2-4-18(13-15)27-17-6-8-19(9-7-17)28(23,24)22-16-5-10-20-21(14-16)26-12-11-25-20/h2-4,6-9,13,16,20-22H,5,10-12,14H2,1H3. The molecule has 2 aromatic rings. The molecule has 1 saturated heterocycles. The highest BCUT2D eigenvalue weighted by molar-refractivity contribution is 7.89. The van der Waals surface area contributed by atoms with Crippen LogP contribution < -0.4 is 9.46 Å². The average Bonchev–Trinajstić information content (AvgIpc) is 2.68. The van der Waals surface area contributed by atoms with Crippen molar-refractivity contribution in [1.29, 1.82) is 0 Å². The SMILES string of the molecule is Cc1cccc(Oc2ccc(S(=O)(=O)NC3CCC4OCCOC4C3)cc2)c1. The fraction of sp³-hybridized carbons (Fsp3) is 0.429. The summed E-state index contributed by atoms with van der Waals surface area (Å²) in [5.74, 6) is 1.32. The van der Waals surface area contributed by atoms with Gasteiger partial charge in [-0.3, -0.25) is 0 Å². The lowest BCUT2D eigenvalue weighted by Crippen LogP contribution is -2.49. The Kier molecular flexibility index (Phi) is 5.68. The Morgan fingerprint density at radius 3 is 2.46 bits per heavy atom. The number of sulfonamides is 1. The number of hydrogen-bond acceptors (Lipinski definition) is 5. The summed E-state index contributed by atoms with van der Waals surface area (Å²) in [4.78, 5) is 0.229. The molecule has 0 amide bonds. The van der Waals surface area contributed by atoms with E-state index in [-0.39, 0.29) is 23.1 Å². The van der Waals surface area contributed by atoms with Gasteiger partial charge in [-0.2, -0.15) is 0 Å². The molecular weight excluding hydrogens is 378 g/mol. The van der Waals surface area contributed by atoms with Gasteiger partial charge in [0.2, 0.25) is 10.0 Å². The zero-order valence-corrected chi connectivity index (χ0v) is 16.7. The summed E-state index contributed by atoms with van der Waals surface area (Å²) in [5, 5.41) is 0. The van der Waals surface area contributed by atoms with Crippen molar-refractivity contribution in [3.05, 3.63) is 54.1 Å². The predicted molar refractivity (Wildman–Crippen MR) is 105 cm³/mol. The first-order valence-corrected chi connectivity index (χ1v) is 11.1. The van der Waals surface area contributed by atoms with Crippen molar-refractivity contribution in [1.82, 2.24) is 4.72 Å². The summed E-state index contributed by atoms with van der Waals surface area (Å²) in [6, 6.07) is 14.0. The van der Waals surface area contributed by atoms with E-state index in [0.717, 1.165) is 24.2 Å². The maximum atomic E-state index is 12.8. The monoisotopic (exact) mass is 403 g/mol. The van der Waals surface area contributed by atoms with E-state index >= 15 is 0 Å². The molecule has 1 aliphatic heterocycles. The molecule has 28 heavy (non-hydrogen) atoms. The Bertz CT molecular complexity index is 913. The molecule has 0 spiro atoms. The third kappa shape index (κ3) is 4.55. The molecule has 2 aromatic carbocycles. The van der Waals surface area contributed by atoms with Crippen molar-refractivity contribution in [3.63, 3.8) is 0 Å². The van der Waals surface area contributed by atoms with Crippen molar-refractivity contribution in [2.45, 2.75) is 49.3 Å². The summed E-state index contributed by atoms with van der Waals surface area (Å²) in [6.07, 6.45) is 2.26. The molecule has 7 heteroatoms. The number of nitrogens with one attached hydrogen (secondary N) is 1. The molecule has 0 radical (unpaired) electrons. The molecule has 0 bridgehead atoms. The van der Waals surface area contributed by atoms with Gasteiger partial charge in [0.25, 0.3) is 0 Å². The van der Waals surface area contributed by atoms with Crippen LogP contribution in [0.5, 0.6) is 11.5 Å². The molecule has 1 N–H and O–H groups in total. The highest BCUT2D eigenvalue weighted by atomic mass is 32.2. The van der Waals surface area contributed by atoms with Crippen molar-refractivity contribution in [3.8, 4) is 11.5 Å². The Balaban J connectivity index is 1.40. The maximum Gasteiger partial charge on any atom is 0.240 e. The van der Waals surface area contributed by atoms with Gasteiger partial charge in [-0.1, -0.05) is 12.1 Å². The normalized spacial score (nSPS) is 25.1. The fourth-order valence-corrected chi connectivity index (χ4v) is 5.05. The van der Waals surface area contributed by atoms with Crippen molar-refractivity contribution in [2.24, 2.45) is 0 Å². The van der Waals surface area contributed by atoms with Crippen LogP contribution in [0.15, 0.2) is 53.4 Å². The van der Waals surface area contributed by atoms with Crippen LogP contribution in [-0.2, 0) is 19.5 Å². The van der Waals surface area contributed by atoms with Gasteiger partial charge in [-0.15, -0.1) is 0 Å². The van der Waals surface area contributed by atoms with Gasteiger partial charge in [0, 0.05) is 6.04 Å². The quantitative estimate of drug-likeness (QED) is 0.828. The van der Waals surface area contributed by atoms with Crippen LogP contribution in [0.4, 0.5) is 0 Å². The molecule has 1 aliphatic carbocycles. The Morgan fingerprint density at radius 2 is 1.71 bits per heavy atom. The molecule has 2 aliphatic rings. The van der Waals surface area contributed by atoms with Gasteiger partial charge in [-0.05, 0) is 68.1 Å². The van der Waals surface area contributed by atoms with Crippen LogP contribution in [0.25, 0.3) is 0 Å². The largest absolute Gasteiger partial charge is 0.457 e. The minimum absolute atomic E-state index is 0.0275. The zero-order valence-electron chi connectivity index (χ0n) is 15.8. The Hall–Kier alpha value is -1.93. The van der Waals surface area contributed by atoms with Crippen molar-refractivity contribution >= 4 is 10.0 Å². The van der Waals surface area contributed by atoms with Crippen molar-refractivity contribution < 1.29 is 22.6 Å². The zero-order chi connectivity index (χ0) is 19.6. The van der Waals surface area contributed by atoms with E-state index in [4.69, 9.17) is 14.2 Å². The predicted octanol–water partition coefficient (Wildman–Crippen LogP) is 3.40. The number of rotatable bonds is 5. The Labute approximate surface area is 165 Å². The third-order valence-electron chi connectivity index (χ3n) is 5.16. The average molecular weight is 404 g/mol. The minimum Gasteiger partial charge on any atom is -0.457 e. The van der Waals surface area contributed by atoms with E-state index in [1.165, 1.54) is 0 Å². The van der Waals surface area contributed by atoms with Gasteiger partial charge in [0.05, 0.1) is 30.3 Å². The minimum atomic E-state index is -3.60. The summed E-state index contributed by atoms with van der Waals surface area (Å²) >= 11 is 0. The van der Waals surface area contributed by atoms with Gasteiger partial charge < -0.3 is 14.2 Å². The topological polar surface area (TPSA) is 73.9 Å². The smallest absolute Gasteiger partial charge is 0.240 e. The summed E-state index contributed by atoms with van der Waals surface area (Å²) in [7, 11) is -3.60. The van der Waals surface area contributed by atoms with E-state index in [1.807, 2.05) is 31.2 Å². The van der Waals surface area contributed by atoms with E-state index in [0.29, 0.717) is 25.4 Å². The summed E-state index contributed by atoms with van der Waals surface area (Å²) < 4.78 is 45.5. The lowest BCUT2D eigenvalue weighted by atomic mass is 9.90. The third-order valence-corrected chi connectivity index (χ3v) is 6.70. The van der Waals surface area contributed by atoms with Crippen LogP contribution in [0.1, 0.15) is 24.8 Å². The van der Waals surface area contributed by atoms with Crippen molar-refractivity contribution in [2.75, 3.05) is 13.2 Å². The van der Waals surface area contributed by atoms with Crippen LogP contribution in [0.3, 0.4) is 0 Å². The number of aryl methyl sites for hydroxylation is 1. The number of ether oxygens (including phenoxy) is 3. The number of benzene rings is 2. The molecule has 150 valence electrons. The molecule has 2 fully saturated rings. The molecule has 1 heterocycles. The van der Waals surface area contributed by atoms with Crippen LogP contribution in [0, 0.1) is 6.92 Å². The van der Waals surface area contributed by atoms with E-state index in [9.17, 15) is 8.42 Å². The summed E-state index contributed by atoms with van der Waals surface area (Å²) in [6.45, 7) is 3.18. The molecule has 6 nitrogen and oxygen atoms in total. The fourth-order valence-electron chi connectivity index (χ4n) is 3.76. The number of fused-ring (bicyclic) bond motifs is 1.